The molecule has 164 valence electrons. The number of amides is 1. The molecule has 3 aromatic rings. The lowest BCUT2D eigenvalue weighted by Crippen LogP contribution is -2.46. The zero-order valence-electron chi connectivity index (χ0n) is 18.0. The first-order valence-corrected chi connectivity index (χ1v) is 11.2. The lowest BCUT2D eigenvalue weighted by molar-refractivity contribution is 0.101. The van der Waals surface area contributed by atoms with E-state index in [1.807, 2.05) is 36.4 Å². The number of fused-ring (bicyclic) bond motifs is 2. The molecule has 0 unspecified atom stereocenters. The molecule has 5 rings (SSSR count). The minimum Gasteiger partial charge on any atom is -0.494 e. The van der Waals surface area contributed by atoms with Crippen molar-refractivity contribution in [1.29, 1.82) is 0 Å². The Bertz CT molecular complexity index is 1160. The molecule has 0 bridgehead atoms. The van der Waals surface area contributed by atoms with E-state index in [0.717, 1.165) is 73.3 Å². The summed E-state index contributed by atoms with van der Waals surface area (Å²) in [6.07, 6.45) is 3.60. The average Bonchev–Trinajstić information content (AvgIpc) is 3.19. The second-order valence-corrected chi connectivity index (χ2v) is 8.31. The molecule has 0 N–H and O–H groups in total. The van der Waals surface area contributed by atoms with Crippen LogP contribution in [-0.4, -0.2) is 56.4 Å². The second-order valence-electron chi connectivity index (χ2n) is 8.31. The van der Waals surface area contributed by atoms with Crippen LogP contribution in [0.25, 0.3) is 10.8 Å². The highest BCUT2D eigenvalue weighted by atomic mass is 19.1. The van der Waals surface area contributed by atoms with Gasteiger partial charge >= 0.3 is 0 Å². The highest BCUT2D eigenvalue weighted by Gasteiger charge is 2.20. The number of ether oxygens (including phenoxy) is 1. The lowest BCUT2D eigenvalue weighted by atomic mass is 10.1. The minimum atomic E-state index is -0.198. The summed E-state index contributed by atoms with van der Waals surface area (Å²) in [6.45, 7) is 5.39. The van der Waals surface area contributed by atoms with E-state index < -0.39 is 0 Å². The van der Waals surface area contributed by atoms with Crippen molar-refractivity contribution in [2.45, 2.75) is 12.8 Å². The molecule has 2 aliphatic rings. The van der Waals surface area contributed by atoms with Crippen molar-refractivity contribution in [2.75, 3.05) is 44.2 Å². The summed E-state index contributed by atoms with van der Waals surface area (Å²) in [5, 5.41) is 1.67. The van der Waals surface area contributed by atoms with Gasteiger partial charge in [-0.05, 0) is 55.1 Å². The molecular weight excluding hydrogens is 405 g/mol. The van der Waals surface area contributed by atoms with Crippen LogP contribution in [0.3, 0.4) is 0 Å². The predicted molar refractivity (Wildman–Crippen MR) is 126 cm³/mol. The minimum absolute atomic E-state index is 0.152. The fourth-order valence-corrected chi connectivity index (χ4v) is 4.50. The van der Waals surface area contributed by atoms with Gasteiger partial charge in [0.05, 0.1) is 12.2 Å². The molecule has 2 aliphatic heterocycles. The fraction of sp³-hybridized carbons (Fsp3) is 0.308. The topological polar surface area (TPSA) is 45.1 Å². The number of anilines is 1. The standard InChI is InChI=1S/C26H26FN3O2/c27-23-7-3-5-19-6-4-8-24(25(19)23)30-14-12-29(13-15-30)11-1-2-16-32-21-10-9-20-18-28-26(31)22(20)17-21/h3-10,17-18H,1-2,11-16H2. The Labute approximate surface area is 187 Å². The number of rotatable bonds is 7. The maximum atomic E-state index is 14.5. The fourth-order valence-electron chi connectivity index (χ4n) is 4.50. The van der Waals surface area contributed by atoms with Crippen LogP contribution in [0.4, 0.5) is 10.1 Å². The monoisotopic (exact) mass is 431 g/mol. The first-order chi connectivity index (χ1) is 15.7. The number of halogens is 1. The van der Waals surface area contributed by atoms with Crippen LogP contribution in [0.15, 0.2) is 59.6 Å². The Morgan fingerprint density at radius 3 is 2.62 bits per heavy atom. The lowest BCUT2D eigenvalue weighted by Gasteiger charge is -2.36. The SMILES string of the molecule is O=C1N=Cc2ccc(OCCCCN3CCN(c4cccc5cccc(F)c45)CC3)cc21. The molecule has 0 atom stereocenters. The number of nitrogens with zero attached hydrogens (tertiary/aromatic N) is 3. The zero-order valence-corrected chi connectivity index (χ0v) is 18.0. The van der Waals surface area contributed by atoms with Crippen LogP contribution in [0, 0.1) is 5.82 Å². The number of aliphatic imine (C=N–C) groups is 1. The van der Waals surface area contributed by atoms with Gasteiger partial charge in [-0.15, -0.1) is 0 Å². The van der Waals surface area contributed by atoms with Gasteiger partial charge in [0.25, 0.3) is 5.91 Å². The van der Waals surface area contributed by atoms with Crippen molar-refractivity contribution in [2.24, 2.45) is 4.99 Å². The molecule has 6 heteroatoms. The highest BCUT2D eigenvalue weighted by molar-refractivity contribution is 6.13. The van der Waals surface area contributed by atoms with E-state index in [1.165, 1.54) is 0 Å². The highest BCUT2D eigenvalue weighted by Crippen LogP contribution is 2.30. The van der Waals surface area contributed by atoms with E-state index in [1.54, 1.807) is 24.4 Å². The van der Waals surface area contributed by atoms with Crippen LogP contribution in [0.5, 0.6) is 5.75 Å². The molecule has 0 aromatic heterocycles. The Morgan fingerprint density at radius 1 is 0.969 bits per heavy atom. The van der Waals surface area contributed by atoms with Crippen LogP contribution >= 0.6 is 0 Å². The van der Waals surface area contributed by atoms with Crippen molar-refractivity contribution in [1.82, 2.24) is 4.90 Å². The molecule has 0 radical (unpaired) electrons. The smallest absolute Gasteiger partial charge is 0.277 e. The van der Waals surface area contributed by atoms with E-state index in [0.29, 0.717) is 12.2 Å². The Balaban J connectivity index is 1.07. The Morgan fingerprint density at radius 2 is 1.78 bits per heavy atom. The van der Waals surface area contributed by atoms with Gasteiger partial charge in [-0.2, -0.15) is 0 Å². The van der Waals surface area contributed by atoms with Gasteiger partial charge in [0.15, 0.2) is 0 Å². The third-order valence-corrected chi connectivity index (χ3v) is 6.26. The van der Waals surface area contributed by atoms with E-state index in [9.17, 15) is 9.18 Å². The molecule has 5 nitrogen and oxygen atoms in total. The van der Waals surface area contributed by atoms with E-state index in [2.05, 4.69) is 14.8 Å². The molecule has 2 heterocycles. The largest absolute Gasteiger partial charge is 0.494 e. The maximum Gasteiger partial charge on any atom is 0.277 e. The van der Waals surface area contributed by atoms with Crippen molar-refractivity contribution in [3.8, 4) is 5.75 Å². The number of piperazine rings is 1. The number of benzene rings is 3. The summed E-state index contributed by atoms with van der Waals surface area (Å²) in [7, 11) is 0. The predicted octanol–water partition coefficient (Wildman–Crippen LogP) is 4.53. The number of carbonyl (C=O) groups is 1. The summed E-state index contributed by atoms with van der Waals surface area (Å²) < 4.78 is 20.3. The van der Waals surface area contributed by atoms with E-state index in [4.69, 9.17) is 4.74 Å². The van der Waals surface area contributed by atoms with Gasteiger partial charge in [-0.25, -0.2) is 9.38 Å². The molecular formula is C26H26FN3O2. The van der Waals surface area contributed by atoms with Crippen molar-refractivity contribution >= 4 is 28.6 Å². The quantitative estimate of drug-likeness (QED) is 0.516. The second kappa shape index (κ2) is 9.09. The van der Waals surface area contributed by atoms with Crippen LogP contribution in [0.1, 0.15) is 28.8 Å². The summed E-state index contributed by atoms with van der Waals surface area (Å²) in [5.41, 5.74) is 2.46. The first-order valence-electron chi connectivity index (χ1n) is 11.2. The third-order valence-electron chi connectivity index (χ3n) is 6.26. The van der Waals surface area contributed by atoms with Gasteiger partial charge < -0.3 is 9.64 Å². The molecule has 1 fully saturated rings. The van der Waals surface area contributed by atoms with Gasteiger partial charge in [-0.3, -0.25) is 9.69 Å². The van der Waals surface area contributed by atoms with Crippen LogP contribution in [0.2, 0.25) is 0 Å². The van der Waals surface area contributed by atoms with Gasteiger partial charge in [-0.1, -0.05) is 24.3 Å². The van der Waals surface area contributed by atoms with Crippen molar-refractivity contribution < 1.29 is 13.9 Å². The summed E-state index contributed by atoms with van der Waals surface area (Å²) in [4.78, 5) is 20.2. The number of carbonyl (C=O) groups excluding carboxylic acids is 1. The van der Waals surface area contributed by atoms with E-state index >= 15 is 0 Å². The third kappa shape index (κ3) is 4.23. The molecule has 1 amide bonds. The number of hydrogen-bond acceptors (Lipinski definition) is 4. The number of hydrogen-bond donors (Lipinski definition) is 0. The van der Waals surface area contributed by atoms with Gasteiger partial charge in [0, 0.05) is 49.0 Å². The summed E-state index contributed by atoms with van der Waals surface area (Å²) in [6, 6.07) is 16.8. The molecule has 0 aliphatic carbocycles. The zero-order chi connectivity index (χ0) is 21.9. The number of unbranched alkanes of at least 4 members (excludes halogenated alkanes) is 1. The maximum absolute atomic E-state index is 14.5. The van der Waals surface area contributed by atoms with Crippen molar-refractivity contribution in [3.05, 3.63) is 71.5 Å². The van der Waals surface area contributed by atoms with Crippen LogP contribution < -0.4 is 9.64 Å². The summed E-state index contributed by atoms with van der Waals surface area (Å²) >= 11 is 0. The van der Waals surface area contributed by atoms with E-state index in [-0.39, 0.29) is 11.7 Å². The van der Waals surface area contributed by atoms with Crippen LogP contribution in [-0.2, 0) is 0 Å². The average molecular weight is 432 g/mol. The van der Waals surface area contributed by atoms with Gasteiger partial charge in [0.1, 0.15) is 11.6 Å². The Kier molecular flexibility index (Phi) is 5.86. The molecule has 0 spiro atoms. The molecule has 3 aromatic carbocycles. The normalized spacial score (nSPS) is 16.0. The molecule has 0 saturated carbocycles. The van der Waals surface area contributed by atoms with Gasteiger partial charge in [0.2, 0.25) is 0 Å². The summed E-state index contributed by atoms with van der Waals surface area (Å²) in [5.74, 6) is 0.371. The Hall–Kier alpha value is -3.25. The van der Waals surface area contributed by atoms with Crippen molar-refractivity contribution in [3.63, 3.8) is 0 Å². The molecule has 1 saturated heterocycles. The molecule has 32 heavy (non-hydrogen) atoms. The first kappa shape index (κ1) is 20.6.